The number of rotatable bonds is 6. The Labute approximate surface area is 174 Å². The second-order valence-electron chi connectivity index (χ2n) is 7.92. The van der Waals surface area contributed by atoms with Gasteiger partial charge in [0.25, 0.3) is 0 Å². The number of benzene rings is 2. The van der Waals surface area contributed by atoms with E-state index in [0.29, 0.717) is 22.7 Å². The van der Waals surface area contributed by atoms with E-state index in [1.165, 1.54) is 12.0 Å². The lowest BCUT2D eigenvalue weighted by Gasteiger charge is -2.20. The second kappa shape index (κ2) is 7.13. The van der Waals surface area contributed by atoms with Crippen LogP contribution in [0.5, 0.6) is 11.5 Å². The molecule has 6 heteroatoms. The lowest BCUT2D eigenvalue weighted by atomic mass is 9.85. The summed E-state index contributed by atoms with van der Waals surface area (Å²) in [5.41, 5.74) is 0.872. The van der Waals surface area contributed by atoms with E-state index in [4.69, 9.17) is 9.47 Å². The summed E-state index contributed by atoms with van der Waals surface area (Å²) in [7, 11) is 1.54. The van der Waals surface area contributed by atoms with Gasteiger partial charge in [-0.1, -0.05) is 36.4 Å². The first-order chi connectivity index (χ1) is 14.6. The number of anilines is 1. The largest absolute Gasteiger partial charge is 0.497 e. The molecular formula is C24H21NO5. The van der Waals surface area contributed by atoms with Gasteiger partial charge in [-0.3, -0.25) is 14.4 Å². The van der Waals surface area contributed by atoms with Crippen LogP contribution in [0.3, 0.4) is 0 Å². The van der Waals surface area contributed by atoms with Crippen LogP contribution in [0.15, 0.2) is 60.7 Å². The van der Waals surface area contributed by atoms with Crippen LogP contribution in [0, 0.1) is 23.7 Å². The molecule has 0 spiro atoms. The van der Waals surface area contributed by atoms with Crippen LogP contribution < -0.4 is 14.4 Å². The molecule has 1 heterocycles. The number of fused-ring (bicyclic) bond motifs is 5. The molecular weight excluding hydrogens is 382 g/mol. The summed E-state index contributed by atoms with van der Waals surface area (Å²) in [5.74, 6) is 0.0993. The number of hydrogen-bond donors (Lipinski definition) is 0. The molecule has 2 fully saturated rings. The molecule has 0 aromatic heterocycles. The normalized spacial score (nSPS) is 26.2. The van der Waals surface area contributed by atoms with E-state index in [1.54, 1.807) is 48.5 Å². The fourth-order valence-electron chi connectivity index (χ4n) is 4.93. The monoisotopic (exact) mass is 403 g/mol. The van der Waals surface area contributed by atoms with Crippen molar-refractivity contribution in [2.75, 3.05) is 18.6 Å². The topological polar surface area (TPSA) is 72.9 Å². The first kappa shape index (κ1) is 18.6. The molecule has 0 radical (unpaired) electrons. The van der Waals surface area contributed by atoms with Crippen molar-refractivity contribution in [3.8, 4) is 11.5 Å². The predicted octanol–water partition coefficient (Wildman–Crippen LogP) is 3.27. The molecule has 2 aromatic rings. The number of Topliss-reactive ketones (excluding diaryl/α,β-unsaturated/α-hetero) is 1. The van der Waals surface area contributed by atoms with E-state index in [-0.39, 0.29) is 47.9 Å². The molecule has 1 saturated heterocycles. The third kappa shape index (κ3) is 2.83. The van der Waals surface area contributed by atoms with Gasteiger partial charge in [0.1, 0.15) is 11.5 Å². The van der Waals surface area contributed by atoms with E-state index >= 15 is 0 Å². The summed E-state index contributed by atoms with van der Waals surface area (Å²) in [6.45, 7) is -0.208. The maximum absolute atomic E-state index is 13.1. The van der Waals surface area contributed by atoms with Gasteiger partial charge >= 0.3 is 0 Å². The average molecular weight is 403 g/mol. The standard InChI is InChI=1S/C24H21NO5/c1-29-17-6-4-5-14(12-17)19(26)13-30-20-8-3-2-7-18(20)25-23(27)21-15-9-10-16(11-15)22(21)24(25)28/h2-10,12,15-16,21-22H,11,13H2,1H3/t15-,16-,21+,22+/m0/s1. The highest BCUT2D eigenvalue weighted by Crippen LogP contribution is 2.53. The highest BCUT2D eigenvalue weighted by molar-refractivity contribution is 6.23. The third-order valence-electron chi connectivity index (χ3n) is 6.33. The summed E-state index contributed by atoms with van der Waals surface area (Å²) in [6, 6.07) is 13.7. The van der Waals surface area contributed by atoms with E-state index in [2.05, 4.69) is 12.2 Å². The quantitative estimate of drug-likeness (QED) is 0.421. The smallest absolute Gasteiger partial charge is 0.238 e. The fraction of sp³-hybridized carbons (Fsp3) is 0.292. The molecule has 1 saturated carbocycles. The number of nitrogens with zero attached hydrogens (tertiary/aromatic N) is 1. The van der Waals surface area contributed by atoms with Crippen LogP contribution in [0.25, 0.3) is 0 Å². The molecule has 2 bridgehead atoms. The predicted molar refractivity (Wildman–Crippen MR) is 109 cm³/mol. The summed E-state index contributed by atoms with van der Waals surface area (Å²) >= 11 is 0. The van der Waals surface area contributed by atoms with Gasteiger partial charge in [0, 0.05) is 5.56 Å². The van der Waals surface area contributed by atoms with Gasteiger partial charge < -0.3 is 9.47 Å². The lowest BCUT2D eigenvalue weighted by Crippen LogP contribution is -2.33. The summed E-state index contributed by atoms with van der Waals surface area (Å²) in [5, 5.41) is 0. The second-order valence-corrected chi connectivity index (χ2v) is 7.92. The molecule has 0 unspecified atom stereocenters. The zero-order valence-electron chi connectivity index (χ0n) is 16.5. The van der Waals surface area contributed by atoms with E-state index in [1.807, 2.05) is 0 Å². The Balaban J connectivity index is 1.37. The number of amides is 2. The SMILES string of the molecule is COc1cccc(C(=O)COc2ccccc2N2C(=O)[C@H]3[C@H](C2=O)[C@H]2C=C[C@H]3C2)c1. The number of allylic oxidation sites excluding steroid dienone is 2. The molecule has 3 aliphatic rings. The lowest BCUT2D eigenvalue weighted by molar-refractivity contribution is -0.123. The number of ether oxygens (including phenoxy) is 2. The minimum atomic E-state index is -0.279. The Morgan fingerprint density at radius 3 is 2.40 bits per heavy atom. The minimum absolute atomic E-state index is 0.143. The molecule has 2 amide bonds. The van der Waals surface area contributed by atoms with E-state index in [0.717, 1.165) is 6.42 Å². The van der Waals surface area contributed by atoms with E-state index < -0.39 is 0 Å². The number of methoxy groups -OCH3 is 1. The molecule has 4 atom stereocenters. The van der Waals surface area contributed by atoms with Crippen molar-refractivity contribution in [2.24, 2.45) is 23.7 Å². The van der Waals surface area contributed by atoms with Crippen LogP contribution in [0.1, 0.15) is 16.8 Å². The average Bonchev–Trinajstić information content (AvgIpc) is 3.46. The van der Waals surface area contributed by atoms with E-state index in [9.17, 15) is 14.4 Å². The van der Waals surface area contributed by atoms with Crippen molar-refractivity contribution < 1.29 is 23.9 Å². The molecule has 6 nitrogen and oxygen atoms in total. The highest BCUT2D eigenvalue weighted by atomic mass is 16.5. The van der Waals surface area contributed by atoms with Gasteiger partial charge in [-0.2, -0.15) is 0 Å². The van der Waals surface area contributed by atoms with Gasteiger partial charge in [-0.05, 0) is 42.5 Å². The van der Waals surface area contributed by atoms with Crippen LogP contribution in [-0.4, -0.2) is 31.3 Å². The Hall–Kier alpha value is -3.41. The Morgan fingerprint density at radius 2 is 1.70 bits per heavy atom. The number of ketones is 1. The van der Waals surface area contributed by atoms with Crippen LogP contribution in [0.4, 0.5) is 5.69 Å². The number of para-hydroxylation sites is 2. The van der Waals surface area contributed by atoms with Gasteiger partial charge in [0.2, 0.25) is 11.8 Å². The van der Waals surface area contributed by atoms with Crippen LogP contribution in [0.2, 0.25) is 0 Å². The molecule has 0 N–H and O–H groups in total. The van der Waals surface area contributed by atoms with Gasteiger partial charge in [0.05, 0.1) is 24.6 Å². The molecule has 2 aromatic carbocycles. The van der Waals surface area contributed by atoms with Crippen molar-refractivity contribution in [3.63, 3.8) is 0 Å². The maximum atomic E-state index is 13.1. The molecule has 1 aliphatic heterocycles. The fourth-order valence-corrected chi connectivity index (χ4v) is 4.93. The van der Waals surface area contributed by atoms with Gasteiger partial charge in [-0.25, -0.2) is 4.90 Å². The van der Waals surface area contributed by atoms with Crippen molar-refractivity contribution in [1.29, 1.82) is 0 Å². The zero-order valence-corrected chi connectivity index (χ0v) is 16.5. The highest BCUT2D eigenvalue weighted by Gasteiger charge is 2.59. The summed E-state index contributed by atoms with van der Waals surface area (Å²) in [6.07, 6.45) is 5.01. The minimum Gasteiger partial charge on any atom is -0.497 e. The number of carbonyl (C=O) groups excluding carboxylic acids is 3. The Bertz CT molecular complexity index is 1040. The maximum Gasteiger partial charge on any atom is 0.238 e. The van der Waals surface area contributed by atoms with Crippen molar-refractivity contribution in [3.05, 3.63) is 66.2 Å². The summed E-state index contributed by atoms with van der Waals surface area (Å²) < 4.78 is 10.9. The van der Waals surface area contributed by atoms with Crippen molar-refractivity contribution >= 4 is 23.3 Å². The Kier molecular flexibility index (Phi) is 4.42. The number of hydrogen-bond acceptors (Lipinski definition) is 5. The van der Waals surface area contributed by atoms with Crippen LogP contribution >= 0.6 is 0 Å². The third-order valence-corrected chi connectivity index (χ3v) is 6.33. The molecule has 152 valence electrons. The number of imide groups is 1. The number of carbonyl (C=O) groups is 3. The first-order valence-corrected chi connectivity index (χ1v) is 10.0. The first-order valence-electron chi connectivity index (χ1n) is 10.0. The Morgan fingerprint density at radius 1 is 1.00 bits per heavy atom. The molecule has 30 heavy (non-hydrogen) atoms. The molecule has 2 aliphatic carbocycles. The molecule has 5 rings (SSSR count). The van der Waals surface area contributed by atoms with Crippen molar-refractivity contribution in [1.82, 2.24) is 0 Å². The summed E-state index contributed by atoms with van der Waals surface area (Å²) in [4.78, 5) is 40.0. The van der Waals surface area contributed by atoms with Crippen LogP contribution in [-0.2, 0) is 9.59 Å². The van der Waals surface area contributed by atoms with Crippen molar-refractivity contribution in [2.45, 2.75) is 6.42 Å². The van der Waals surface area contributed by atoms with Gasteiger partial charge in [0.15, 0.2) is 12.4 Å². The van der Waals surface area contributed by atoms with Gasteiger partial charge in [-0.15, -0.1) is 0 Å². The zero-order chi connectivity index (χ0) is 20.8.